The molecule has 0 radical (unpaired) electrons. The maximum atomic E-state index is 13.7. The van der Waals surface area contributed by atoms with Gasteiger partial charge in [0, 0.05) is 0 Å². The summed E-state index contributed by atoms with van der Waals surface area (Å²) in [6.07, 6.45) is 1.52. The number of hydrogen-bond donors (Lipinski definition) is 0. The average molecular weight is 571 g/mol. The molecule has 2 fully saturated rings. The highest BCUT2D eigenvalue weighted by Gasteiger charge is 2.48. The second-order valence-corrected chi connectivity index (χ2v) is 11.2. The number of esters is 1. The van der Waals surface area contributed by atoms with E-state index in [9.17, 15) is 31.1 Å². The Labute approximate surface area is 231 Å². The van der Waals surface area contributed by atoms with Crippen molar-refractivity contribution in [2.75, 3.05) is 7.11 Å². The van der Waals surface area contributed by atoms with Crippen LogP contribution in [0.2, 0.25) is 0 Å². The van der Waals surface area contributed by atoms with Gasteiger partial charge in [-0.1, -0.05) is 44.7 Å². The van der Waals surface area contributed by atoms with Crippen LogP contribution in [0.1, 0.15) is 104 Å². The molecule has 0 N–H and O–H groups in total. The summed E-state index contributed by atoms with van der Waals surface area (Å²) in [6.45, 7) is 2.25. The predicted molar refractivity (Wildman–Crippen MR) is 139 cm³/mol. The molecule has 2 aromatic rings. The first kappa shape index (κ1) is 30.3. The lowest BCUT2D eigenvalue weighted by Gasteiger charge is -2.38. The number of carbonyl (C=O) groups is 1. The number of methoxy groups -OCH3 is 1. The summed E-state index contributed by atoms with van der Waals surface area (Å²) in [4.78, 5) is 12.7. The van der Waals surface area contributed by atoms with E-state index >= 15 is 0 Å². The Morgan fingerprint density at radius 3 is 1.75 bits per heavy atom. The Hall–Kier alpha value is -2.71. The van der Waals surface area contributed by atoms with Gasteiger partial charge in [0.05, 0.1) is 12.7 Å². The summed E-state index contributed by atoms with van der Waals surface area (Å²) >= 11 is 0. The first-order valence-corrected chi connectivity index (χ1v) is 14.1. The second-order valence-electron chi connectivity index (χ2n) is 11.2. The molecule has 0 heterocycles. The van der Waals surface area contributed by atoms with Crippen LogP contribution in [0.3, 0.4) is 0 Å². The van der Waals surface area contributed by atoms with Crippen molar-refractivity contribution >= 4 is 5.97 Å². The number of carbonyl (C=O) groups excluding carboxylic acids is 1. The van der Waals surface area contributed by atoms with E-state index < -0.39 is 40.9 Å². The fourth-order valence-corrected chi connectivity index (χ4v) is 6.71. The minimum absolute atomic E-state index is 0.0428. The van der Waals surface area contributed by atoms with Gasteiger partial charge in [0.15, 0.2) is 0 Å². The molecular formula is C31H36F6O3. The van der Waals surface area contributed by atoms with Gasteiger partial charge in [0.25, 0.3) is 0 Å². The molecule has 4 rings (SSSR count). The van der Waals surface area contributed by atoms with Gasteiger partial charge in [-0.05, 0) is 92.0 Å². The Bertz CT molecular complexity index is 1140. The first-order chi connectivity index (χ1) is 18.9. The molecular weight excluding hydrogens is 534 g/mol. The van der Waals surface area contributed by atoms with Crippen molar-refractivity contribution < 1.29 is 40.6 Å². The zero-order chi connectivity index (χ0) is 29.1. The van der Waals surface area contributed by atoms with Crippen LogP contribution in [-0.4, -0.2) is 13.1 Å². The topological polar surface area (TPSA) is 35.5 Å². The molecule has 2 aromatic carbocycles. The number of ether oxygens (including phenoxy) is 2. The third-order valence-corrected chi connectivity index (χ3v) is 8.76. The fraction of sp³-hybridized carbons (Fsp3) is 0.581. The quantitative estimate of drug-likeness (QED) is 0.189. The zero-order valence-electron chi connectivity index (χ0n) is 22.8. The Morgan fingerprint density at radius 2 is 1.25 bits per heavy atom. The summed E-state index contributed by atoms with van der Waals surface area (Å²) in [7, 11) is 0.836. The number of hydrogen-bond acceptors (Lipinski definition) is 3. The van der Waals surface area contributed by atoms with Gasteiger partial charge >= 0.3 is 18.3 Å². The van der Waals surface area contributed by atoms with Crippen LogP contribution in [-0.2, 0) is 12.4 Å². The van der Waals surface area contributed by atoms with Gasteiger partial charge in [-0.3, -0.25) is 0 Å². The molecule has 9 heteroatoms. The summed E-state index contributed by atoms with van der Waals surface area (Å²) < 4.78 is 91.2. The second kappa shape index (κ2) is 12.4. The van der Waals surface area contributed by atoms with E-state index in [2.05, 4.69) is 11.7 Å². The van der Waals surface area contributed by atoms with E-state index in [0.29, 0.717) is 18.1 Å². The van der Waals surface area contributed by atoms with Crippen molar-refractivity contribution in [2.45, 2.75) is 89.4 Å². The molecule has 3 nitrogen and oxygen atoms in total. The Kier molecular flexibility index (Phi) is 9.40. The number of benzene rings is 2. The highest BCUT2D eigenvalue weighted by Crippen LogP contribution is 2.49. The number of rotatable bonds is 7. The lowest BCUT2D eigenvalue weighted by molar-refractivity contribution is -0.163. The van der Waals surface area contributed by atoms with Crippen molar-refractivity contribution in [1.29, 1.82) is 0 Å². The molecule has 0 aliphatic heterocycles. The van der Waals surface area contributed by atoms with E-state index in [1.165, 1.54) is 50.7 Å². The maximum absolute atomic E-state index is 13.7. The number of halogens is 6. The monoisotopic (exact) mass is 570 g/mol. The molecule has 0 unspecified atom stereocenters. The highest BCUT2D eigenvalue weighted by atomic mass is 19.4. The Morgan fingerprint density at radius 1 is 0.750 bits per heavy atom. The number of alkyl halides is 6. The van der Waals surface area contributed by atoms with Crippen molar-refractivity contribution in [3.05, 3.63) is 58.7 Å². The summed E-state index contributed by atoms with van der Waals surface area (Å²) in [6, 6.07) is 7.81. The molecule has 0 aromatic heterocycles. The van der Waals surface area contributed by atoms with Crippen LogP contribution < -0.4 is 9.47 Å². The van der Waals surface area contributed by atoms with Gasteiger partial charge in [-0.15, -0.1) is 0 Å². The van der Waals surface area contributed by atoms with E-state index in [4.69, 9.17) is 4.74 Å². The molecule has 0 bridgehead atoms. The molecule has 2 aliphatic rings. The van der Waals surface area contributed by atoms with E-state index in [-0.39, 0.29) is 5.56 Å². The highest BCUT2D eigenvalue weighted by molar-refractivity contribution is 5.91. The minimum atomic E-state index is -5.44. The van der Waals surface area contributed by atoms with E-state index in [0.717, 1.165) is 56.1 Å². The van der Waals surface area contributed by atoms with Crippen LogP contribution in [0, 0.1) is 17.8 Å². The molecule has 40 heavy (non-hydrogen) atoms. The fourth-order valence-electron chi connectivity index (χ4n) is 6.71. The van der Waals surface area contributed by atoms with Gasteiger partial charge in [0.2, 0.25) is 0 Å². The van der Waals surface area contributed by atoms with Crippen LogP contribution in [0.5, 0.6) is 11.5 Å². The lowest BCUT2D eigenvalue weighted by Crippen LogP contribution is -2.25. The Balaban J connectivity index is 1.41. The molecule has 0 amide bonds. The molecule has 0 spiro atoms. The maximum Gasteiger partial charge on any atom is 0.420 e. The van der Waals surface area contributed by atoms with E-state index in [1.54, 1.807) is 12.1 Å². The first-order valence-electron chi connectivity index (χ1n) is 14.1. The van der Waals surface area contributed by atoms with Crippen LogP contribution in [0.25, 0.3) is 0 Å². The van der Waals surface area contributed by atoms with Crippen molar-refractivity contribution in [1.82, 2.24) is 0 Å². The molecule has 2 aliphatic carbocycles. The predicted octanol–water partition coefficient (Wildman–Crippen LogP) is 9.83. The van der Waals surface area contributed by atoms with Crippen molar-refractivity contribution in [2.24, 2.45) is 17.8 Å². The third-order valence-electron chi connectivity index (χ3n) is 8.76. The summed E-state index contributed by atoms with van der Waals surface area (Å²) in [5, 5.41) is 0. The van der Waals surface area contributed by atoms with Crippen molar-refractivity contribution in [3.63, 3.8) is 0 Å². The van der Waals surface area contributed by atoms with Gasteiger partial charge in [-0.25, -0.2) is 4.79 Å². The summed E-state index contributed by atoms with van der Waals surface area (Å²) in [5.41, 5.74) is -3.13. The zero-order valence-corrected chi connectivity index (χ0v) is 22.8. The van der Waals surface area contributed by atoms with Gasteiger partial charge in [-0.2, -0.15) is 26.3 Å². The lowest BCUT2D eigenvalue weighted by atomic mass is 9.68. The molecule has 2 saturated carbocycles. The molecule has 220 valence electrons. The van der Waals surface area contributed by atoms with Crippen molar-refractivity contribution in [3.8, 4) is 11.5 Å². The average Bonchev–Trinajstić information content (AvgIpc) is 2.92. The van der Waals surface area contributed by atoms with Crippen LogP contribution >= 0.6 is 0 Å². The molecule has 0 saturated heterocycles. The van der Waals surface area contributed by atoms with Crippen LogP contribution in [0.15, 0.2) is 36.4 Å². The molecule has 0 atom stereocenters. The van der Waals surface area contributed by atoms with Crippen LogP contribution in [0.4, 0.5) is 26.3 Å². The summed E-state index contributed by atoms with van der Waals surface area (Å²) in [5.74, 6) is -0.618. The van der Waals surface area contributed by atoms with Gasteiger partial charge in [0.1, 0.15) is 22.6 Å². The normalized spacial score (nSPS) is 24.0. The smallest absolute Gasteiger partial charge is 0.420 e. The largest absolute Gasteiger partial charge is 0.496 e. The SMILES string of the molecule is CCCC1CCC(C2CCC(c3ccc(C(=O)Oc4ccc(OC)c(C(F)(F)F)c4C(F)(F)F)cc3)CC2)CC1. The third kappa shape index (κ3) is 6.95. The minimum Gasteiger partial charge on any atom is -0.496 e. The van der Waals surface area contributed by atoms with E-state index in [1.807, 2.05) is 0 Å². The standard InChI is InChI=1S/C31H36F6O3/c1-3-4-19-5-7-20(8-6-19)21-9-11-22(12-10-21)23-13-15-24(16-14-23)29(38)40-26-18-17-25(39-2)27(30(32,33)34)28(26)31(35,36)37/h13-22H,3-12H2,1-2H3. The van der Waals surface area contributed by atoms with Gasteiger partial charge < -0.3 is 9.47 Å².